The van der Waals surface area contributed by atoms with Crippen molar-refractivity contribution in [1.29, 1.82) is 0 Å². The van der Waals surface area contributed by atoms with Gasteiger partial charge in [0.25, 0.3) is 0 Å². The molecule has 0 N–H and O–H groups in total. The third kappa shape index (κ3) is 5.89. The van der Waals surface area contributed by atoms with Gasteiger partial charge in [0, 0.05) is 44.5 Å². The van der Waals surface area contributed by atoms with Crippen LogP contribution in [0.15, 0.2) is 65.6 Å². The van der Waals surface area contributed by atoms with Crippen molar-refractivity contribution < 1.29 is 22.4 Å². The van der Waals surface area contributed by atoms with Crippen LogP contribution in [0.2, 0.25) is 0 Å². The molecule has 1 saturated heterocycles. The lowest BCUT2D eigenvalue weighted by atomic mass is 10.1. The molecule has 0 aromatic heterocycles. The van der Waals surface area contributed by atoms with Crippen molar-refractivity contribution in [2.45, 2.75) is 11.4 Å². The van der Waals surface area contributed by atoms with E-state index in [0.29, 0.717) is 5.75 Å². The Balaban J connectivity index is 1.28. The van der Waals surface area contributed by atoms with Crippen molar-refractivity contribution in [3.63, 3.8) is 0 Å². The minimum atomic E-state index is -0.637. The fraction of sp³-hybridized carbons (Fsp3) is 0.280. The van der Waals surface area contributed by atoms with E-state index in [1.54, 1.807) is 14.2 Å². The van der Waals surface area contributed by atoms with Gasteiger partial charge in [-0.25, -0.2) is 8.78 Å². The van der Waals surface area contributed by atoms with Crippen molar-refractivity contribution in [2.24, 2.45) is 0 Å². The maximum Gasteiger partial charge on any atom is 0.161 e. The average Bonchev–Trinajstić information content (AvgIpc) is 2.84. The highest BCUT2D eigenvalue weighted by Crippen LogP contribution is 2.30. The molecule has 0 atom stereocenters. The first kappa shape index (κ1) is 23.2. The molecule has 174 valence electrons. The van der Waals surface area contributed by atoms with Gasteiger partial charge in [-0.05, 0) is 54.1 Å². The molecule has 0 spiro atoms. The van der Waals surface area contributed by atoms with Crippen LogP contribution in [0.5, 0.6) is 17.2 Å². The molecule has 4 rings (SSSR count). The highest BCUT2D eigenvalue weighted by atomic mass is 32.2. The molecule has 1 aliphatic rings. The summed E-state index contributed by atoms with van der Waals surface area (Å²) in [4.78, 5) is 5.00. The molecule has 0 saturated carbocycles. The third-order valence-corrected chi connectivity index (χ3v) is 6.34. The molecule has 5 nitrogen and oxygen atoms in total. The molecule has 1 heterocycles. The normalized spacial score (nSPS) is 14.2. The summed E-state index contributed by atoms with van der Waals surface area (Å²) in [6.45, 7) is 4.60. The molecule has 1 fully saturated rings. The molecule has 0 aliphatic carbocycles. The highest BCUT2D eigenvalue weighted by Gasteiger charge is 2.18. The molecule has 3 aromatic carbocycles. The topological polar surface area (TPSA) is 34.2 Å². The van der Waals surface area contributed by atoms with Gasteiger partial charge in [-0.2, -0.15) is 0 Å². The zero-order valence-corrected chi connectivity index (χ0v) is 19.4. The number of benzene rings is 3. The number of anilines is 1. The number of ether oxygens (including phenoxy) is 2. The largest absolute Gasteiger partial charge is 0.493 e. The van der Waals surface area contributed by atoms with E-state index in [2.05, 4.69) is 15.9 Å². The second-order valence-corrected chi connectivity index (χ2v) is 8.46. The molecule has 0 bridgehead atoms. The molecule has 0 amide bonds. The number of hydrogen-bond acceptors (Lipinski definition) is 6. The third-order valence-electron chi connectivity index (χ3n) is 5.55. The van der Waals surface area contributed by atoms with Crippen LogP contribution in [0.1, 0.15) is 5.56 Å². The van der Waals surface area contributed by atoms with Crippen molar-refractivity contribution >= 4 is 17.7 Å². The molecular formula is C25H26F2N2O3S. The first-order valence-corrected chi connectivity index (χ1v) is 11.4. The zero-order valence-electron chi connectivity index (χ0n) is 18.6. The molecule has 0 unspecified atom stereocenters. The Kier molecular flexibility index (Phi) is 7.57. The van der Waals surface area contributed by atoms with E-state index in [1.165, 1.54) is 17.7 Å². The first-order chi connectivity index (χ1) is 16.1. The SMILES string of the molecule is COc1ccc(CN2CCN(c3ccc(OSc4ccc(F)cc4F)cc3)CC2)cc1OC. The van der Waals surface area contributed by atoms with Gasteiger partial charge in [0.15, 0.2) is 11.5 Å². The van der Waals surface area contributed by atoms with Crippen LogP contribution < -0.4 is 18.6 Å². The van der Waals surface area contributed by atoms with Gasteiger partial charge in [0.1, 0.15) is 17.4 Å². The van der Waals surface area contributed by atoms with Gasteiger partial charge in [0.2, 0.25) is 0 Å². The maximum absolute atomic E-state index is 13.7. The van der Waals surface area contributed by atoms with E-state index >= 15 is 0 Å². The Labute approximate surface area is 197 Å². The van der Waals surface area contributed by atoms with Crippen molar-refractivity contribution in [1.82, 2.24) is 4.90 Å². The van der Waals surface area contributed by atoms with E-state index in [0.717, 1.165) is 68.0 Å². The summed E-state index contributed by atoms with van der Waals surface area (Å²) >= 11 is 0.878. The van der Waals surface area contributed by atoms with Crippen LogP contribution in [0, 0.1) is 11.6 Å². The van der Waals surface area contributed by atoms with Crippen molar-refractivity contribution in [2.75, 3.05) is 45.3 Å². The summed E-state index contributed by atoms with van der Waals surface area (Å²) in [6.07, 6.45) is 0. The Morgan fingerprint density at radius 2 is 1.55 bits per heavy atom. The van der Waals surface area contributed by atoms with Crippen molar-refractivity contribution in [3.05, 3.63) is 77.9 Å². The van der Waals surface area contributed by atoms with Crippen LogP contribution in [0.25, 0.3) is 0 Å². The van der Waals surface area contributed by atoms with Crippen molar-refractivity contribution in [3.8, 4) is 17.2 Å². The van der Waals surface area contributed by atoms with E-state index < -0.39 is 11.6 Å². The fourth-order valence-corrected chi connectivity index (χ4v) is 4.31. The maximum atomic E-state index is 13.7. The van der Waals surface area contributed by atoms with Gasteiger partial charge in [-0.15, -0.1) is 0 Å². The van der Waals surface area contributed by atoms with Gasteiger partial charge >= 0.3 is 0 Å². The van der Waals surface area contributed by atoms with E-state index in [-0.39, 0.29) is 4.90 Å². The van der Waals surface area contributed by atoms with E-state index in [9.17, 15) is 8.78 Å². The predicted octanol–water partition coefficient (Wildman–Crippen LogP) is 5.39. The summed E-state index contributed by atoms with van der Waals surface area (Å²) in [5.41, 5.74) is 2.31. The van der Waals surface area contributed by atoms with Gasteiger partial charge in [-0.1, -0.05) is 6.07 Å². The summed E-state index contributed by atoms with van der Waals surface area (Å²) in [5.74, 6) is 0.850. The number of piperazine rings is 1. The molecule has 1 aliphatic heterocycles. The van der Waals surface area contributed by atoms with Crippen LogP contribution in [-0.4, -0.2) is 45.3 Å². The monoisotopic (exact) mass is 472 g/mol. The molecule has 0 radical (unpaired) electrons. The highest BCUT2D eigenvalue weighted by molar-refractivity contribution is 7.95. The molecule has 33 heavy (non-hydrogen) atoms. The average molecular weight is 473 g/mol. The Morgan fingerprint density at radius 3 is 2.21 bits per heavy atom. The van der Waals surface area contributed by atoms with Gasteiger partial charge in [-0.3, -0.25) is 4.90 Å². The quantitative estimate of drug-likeness (QED) is 0.409. The van der Waals surface area contributed by atoms with Crippen LogP contribution >= 0.6 is 12.0 Å². The van der Waals surface area contributed by atoms with Crippen LogP contribution in [0.4, 0.5) is 14.5 Å². The predicted molar refractivity (Wildman–Crippen MR) is 126 cm³/mol. The summed E-state index contributed by atoms with van der Waals surface area (Å²) in [7, 11) is 3.29. The number of methoxy groups -OCH3 is 2. The van der Waals surface area contributed by atoms with Crippen LogP contribution in [0.3, 0.4) is 0 Å². The lowest BCUT2D eigenvalue weighted by Crippen LogP contribution is -2.45. The van der Waals surface area contributed by atoms with E-state index in [1.807, 2.05) is 36.4 Å². The second-order valence-electron chi connectivity index (χ2n) is 7.69. The molecule has 3 aromatic rings. The lowest BCUT2D eigenvalue weighted by molar-refractivity contribution is 0.249. The lowest BCUT2D eigenvalue weighted by Gasteiger charge is -2.36. The minimum absolute atomic E-state index is 0.242. The number of nitrogens with zero attached hydrogens (tertiary/aromatic N) is 2. The number of rotatable bonds is 8. The second kappa shape index (κ2) is 10.8. The fourth-order valence-electron chi connectivity index (χ4n) is 3.75. The standard InChI is InChI=1S/C25H26F2N2O3S/c1-30-23-9-3-18(15-24(23)31-2)17-28-11-13-29(14-12-28)20-5-7-21(8-6-20)32-33-25-10-4-19(26)16-22(25)27/h3-10,15-16H,11-14,17H2,1-2H3. The van der Waals surface area contributed by atoms with Gasteiger partial charge in [0.05, 0.1) is 31.2 Å². The summed E-state index contributed by atoms with van der Waals surface area (Å²) in [6, 6.07) is 17.2. The summed E-state index contributed by atoms with van der Waals surface area (Å²) < 4.78 is 43.1. The Bertz CT molecular complexity index is 1070. The number of hydrogen-bond donors (Lipinski definition) is 0. The molecule has 8 heteroatoms. The van der Waals surface area contributed by atoms with Crippen LogP contribution in [-0.2, 0) is 6.54 Å². The number of halogens is 2. The minimum Gasteiger partial charge on any atom is -0.493 e. The van der Waals surface area contributed by atoms with E-state index in [4.69, 9.17) is 13.7 Å². The Hall–Kier alpha value is -2.97. The van der Waals surface area contributed by atoms with Gasteiger partial charge < -0.3 is 18.6 Å². The first-order valence-electron chi connectivity index (χ1n) is 10.6. The Morgan fingerprint density at radius 1 is 0.818 bits per heavy atom. The zero-order chi connectivity index (χ0) is 23.2. The molecular weight excluding hydrogens is 446 g/mol. The smallest absolute Gasteiger partial charge is 0.161 e. The summed E-state index contributed by atoms with van der Waals surface area (Å²) in [5, 5.41) is 0.